The molecule has 2 heteroatoms. The van der Waals surface area contributed by atoms with E-state index in [4.69, 9.17) is 0 Å². The van der Waals surface area contributed by atoms with Crippen molar-refractivity contribution in [3.05, 3.63) is 36.6 Å². The van der Waals surface area contributed by atoms with Crippen molar-refractivity contribution >= 4 is 5.91 Å². The van der Waals surface area contributed by atoms with Crippen molar-refractivity contribution in [3.8, 4) is 0 Å². The van der Waals surface area contributed by atoms with Crippen LogP contribution in [0.2, 0.25) is 0 Å². The molecule has 1 fully saturated rings. The molecule has 3 unspecified atom stereocenters. The maximum absolute atomic E-state index is 11.5. The number of amides is 1. The van der Waals surface area contributed by atoms with Crippen LogP contribution in [-0.4, -0.2) is 17.4 Å². The standard InChI is InChI=1S/C15H19NO/c1-11-4-7-15(17)16(11)8-2-3-13-9-12-5-6-14(13)10-12/h4-7,12-14H,1-3,8-10H2. The third-order valence-electron chi connectivity index (χ3n) is 4.40. The number of carbonyl (C=O) groups excluding carboxylic acids is 1. The molecule has 0 aromatic carbocycles. The maximum atomic E-state index is 11.5. The summed E-state index contributed by atoms with van der Waals surface area (Å²) in [6.07, 6.45) is 13.3. The highest BCUT2D eigenvalue weighted by Gasteiger charge is 2.35. The molecule has 3 aliphatic rings. The first-order chi connectivity index (χ1) is 8.24. The molecule has 0 N–H and O–H groups in total. The van der Waals surface area contributed by atoms with E-state index >= 15 is 0 Å². The van der Waals surface area contributed by atoms with Gasteiger partial charge < -0.3 is 4.90 Å². The Kier molecular flexibility index (Phi) is 2.65. The van der Waals surface area contributed by atoms with Gasteiger partial charge in [0.15, 0.2) is 0 Å². The number of nitrogens with zero attached hydrogens (tertiary/aromatic N) is 1. The van der Waals surface area contributed by atoms with Crippen molar-refractivity contribution in [1.29, 1.82) is 0 Å². The van der Waals surface area contributed by atoms with E-state index in [0.717, 1.165) is 36.4 Å². The van der Waals surface area contributed by atoms with Gasteiger partial charge in [-0.3, -0.25) is 4.79 Å². The highest BCUT2D eigenvalue weighted by Crippen LogP contribution is 2.45. The summed E-state index contributed by atoms with van der Waals surface area (Å²) in [7, 11) is 0. The second-order valence-corrected chi connectivity index (χ2v) is 5.50. The minimum Gasteiger partial charge on any atom is -0.309 e. The molecule has 1 heterocycles. The topological polar surface area (TPSA) is 20.3 Å². The first kappa shape index (κ1) is 10.8. The number of hydrogen-bond donors (Lipinski definition) is 0. The van der Waals surface area contributed by atoms with Crippen LogP contribution in [0.5, 0.6) is 0 Å². The van der Waals surface area contributed by atoms with Crippen molar-refractivity contribution in [1.82, 2.24) is 4.90 Å². The fraction of sp³-hybridized carbons (Fsp3) is 0.533. The van der Waals surface area contributed by atoms with Crippen LogP contribution >= 0.6 is 0 Å². The Hall–Kier alpha value is -1.31. The maximum Gasteiger partial charge on any atom is 0.251 e. The highest BCUT2D eigenvalue weighted by atomic mass is 16.2. The Morgan fingerprint density at radius 3 is 2.76 bits per heavy atom. The van der Waals surface area contributed by atoms with Gasteiger partial charge >= 0.3 is 0 Å². The molecule has 1 aliphatic heterocycles. The van der Waals surface area contributed by atoms with Crippen LogP contribution in [0.15, 0.2) is 36.6 Å². The van der Waals surface area contributed by atoms with Gasteiger partial charge in [0.05, 0.1) is 0 Å². The Balaban J connectivity index is 1.45. The van der Waals surface area contributed by atoms with Gasteiger partial charge in [0, 0.05) is 18.3 Å². The second kappa shape index (κ2) is 4.17. The minimum atomic E-state index is 0.0999. The van der Waals surface area contributed by atoms with E-state index in [9.17, 15) is 4.79 Å². The number of carbonyl (C=O) groups is 1. The quantitative estimate of drug-likeness (QED) is 0.679. The fourth-order valence-corrected chi connectivity index (χ4v) is 3.48. The first-order valence-corrected chi connectivity index (χ1v) is 6.61. The average Bonchev–Trinajstić information content (AvgIpc) is 2.99. The van der Waals surface area contributed by atoms with Crippen molar-refractivity contribution in [2.24, 2.45) is 17.8 Å². The zero-order valence-corrected chi connectivity index (χ0v) is 10.1. The van der Waals surface area contributed by atoms with Crippen LogP contribution in [0.25, 0.3) is 0 Å². The van der Waals surface area contributed by atoms with E-state index in [1.165, 1.54) is 19.3 Å². The minimum absolute atomic E-state index is 0.0999. The summed E-state index contributed by atoms with van der Waals surface area (Å²) in [5, 5.41) is 0. The highest BCUT2D eigenvalue weighted by molar-refractivity contribution is 5.92. The molecule has 2 bridgehead atoms. The van der Waals surface area contributed by atoms with Gasteiger partial charge in [-0.15, -0.1) is 0 Å². The number of hydrogen-bond acceptors (Lipinski definition) is 1. The summed E-state index contributed by atoms with van der Waals surface area (Å²) in [5.41, 5.74) is 0.850. The first-order valence-electron chi connectivity index (χ1n) is 6.61. The van der Waals surface area contributed by atoms with Gasteiger partial charge in [0.25, 0.3) is 5.91 Å². The molecule has 1 saturated carbocycles. The molecular weight excluding hydrogens is 210 g/mol. The van der Waals surface area contributed by atoms with Gasteiger partial charge in [-0.25, -0.2) is 0 Å². The third-order valence-corrected chi connectivity index (χ3v) is 4.40. The summed E-state index contributed by atoms with van der Waals surface area (Å²) in [6.45, 7) is 4.72. The molecule has 0 spiro atoms. The van der Waals surface area contributed by atoms with Crippen molar-refractivity contribution in [3.63, 3.8) is 0 Å². The molecule has 2 nitrogen and oxygen atoms in total. The van der Waals surface area contributed by atoms with Crippen LogP contribution in [0.1, 0.15) is 25.7 Å². The molecule has 3 rings (SSSR count). The molecule has 17 heavy (non-hydrogen) atoms. The van der Waals surface area contributed by atoms with Gasteiger partial charge in [-0.1, -0.05) is 18.7 Å². The van der Waals surface area contributed by atoms with E-state index < -0.39 is 0 Å². The normalized spacial score (nSPS) is 34.4. The lowest BCUT2D eigenvalue weighted by Crippen LogP contribution is -2.25. The largest absolute Gasteiger partial charge is 0.309 e. The molecule has 0 saturated heterocycles. The summed E-state index contributed by atoms with van der Waals surface area (Å²) in [6, 6.07) is 0. The Bertz CT molecular complexity index is 389. The molecule has 0 radical (unpaired) electrons. The van der Waals surface area contributed by atoms with E-state index in [0.29, 0.717) is 0 Å². The van der Waals surface area contributed by atoms with Crippen molar-refractivity contribution in [2.45, 2.75) is 25.7 Å². The molecule has 3 atom stereocenters. The summed E-state index contributed by atoms with van der Waals surface area (Å²) in [5.74, 6) is 2.65. The summed E-state index contributed by atoms with van der Waals surface area (Å²) >= 11 is 0. The lowest BCUT2D eigenvalue weighted by atomic mass is 9.89. The third kappa shape index (κ3) is 1.97. The smallest absolute Gasteiger partial charge is 0.251 e. The van der Waals surface area contributed by atoms with E-state index in [1.54, 1.807) is 11.0 Å². The fourth-order valence-electron chi connectivity index (χ4n) is 3.48. The van der Waals surface area contributed by atoms with Gasteiger partial charge in [-0.2, -0.15) is 0 Å². The molecule has 0 aromatic rings. The Morgan fingerprint density at radius 2 is 2.18 bits per heavy atom. The van der Waals surface area contributed by atoms with Crippen molar-refractivity contribution < 1.29 is 4.79 Å². The van der Waals surface area contributed by atoms with E-state index in [1.807, 2.05) is 6.08 Å². The zero-order chi connectivity index (χ0) is 11.8. The van der Waals surface area contributed by atoms with Gasteiger partial charge in [0.1, 0.15) is 0 Å². The lowest BCUT2D eigenvalue weighted by Gasteiger charge is -2.21. The van der Waals surface area contributed by atoms with Crippen LogP contribution in [0.3, 0.4) is 0 Å². The number of rotatable bonds is 4. The van der Waals surface area contributed by atoms with E-state index in [-0.39, 0.29) is 5.91 Å². The zero-order valence-electron chi connectivity index (χ0n) is 10.1. The Morgan fingerprint density at radius 1 is 1.29 bits per heavy atom. The number of fused-ring (bicyclic) bond motifs is 2. The second-order valence-electron chi connectivity index (χ2n) is 5.50. The predicted molar refractivity (Wildman–Crippen MR) is 68.1 cm³/mol. The van der Waals surface area contributed by atoms with Crippen LogP contribution in [-0.2, 0) is 4.79 Å². The lowest BCUT2D eigenvalue weighted by molar-refractivity contribution is -0.123. The monoisotopic (exact) mass is 229 g/mol. The summed E-state index contributed by atoms with van der Waals surface area (Å²) < 4.78 is 0. The van der Waals surface area contributed by atoms with E-state index in [2.05, 4.69) is 18.7 Å². The molecule has 90 valence electrons. The van der Waals surface area contributed by atoms with Gasteiger partial charge in [0.2, 0.25) is 0 Å². The van der Waals surface area contributed by atoms with Gasteiger partial charge in [-0.05, 0) is 49.5 Å². The summed E-state index contributed by atoms with van der Waals surface area (Å²) in [4.78, 5) is 13.3. The van der Waals surface area contributed by atoms with Crippen LogP contribution in [0.4, 0.5) is 0 Å². The van der Waals surface area contributed by atoms with Crippen molar-refractivity contribution in [2.75, 3.05) is 6.54 Å². The molecule has 0 aromatic heterocycles. The molecule has 2 aliphatic carbocycles. The number of allylic oxidation sites excluding steroid dienone is 3. The molecule has 1 amide bonds. The van der Waals surface area contributed by atoms with Crippen LogP contribution in [0, 0.1) is 17.8 Å². The predicted octanol–water partition coefficient (Wildman–Crippen LogP) is 2.89. The molecular formula is C15H19NO. The van der Waals surface area contributed by atoms with Crippen LogP contribution < -0.4 is 0 Å². The average molecular weight is 229 g/mol. The Labute approximate surface area is 103 Å². The SMILES string of the molecule is C=C1C=CC(=O)N1CCCC1CC2C=CC1C2.